The van der Waals surface area contributed by atoms with Gasteiger partial charge in [-0.05, 0) is 32.9 Å². The van der Waals surface area contributed by atoms with Gasteiger partial charge in [0, 0.05) is 24.3 Å². The Hall–Kier alpha value is -1.96. The third kappa shape index (κ3) is 5.44. The summed E-state index contributed by atoms with van der Waals surface area (Å²) in [5, 5.41) is 11.8. The van der Waals surface area contributed by atoms with Crippen LogP contribution in [0.25, 0.3) is 0 Å². The molecule has 0 bridgehead atoms. The Morgan fingerprint density at radius 2 is 2.00 bits per heavy atom. The van der Waals surface area contributed by atoms with Gasteiger partial charge in [0.2, 0.25) is 0 Å². The molecule has 2 N–H and O–H groups in total. The number of amides is 2. The average molecular weight is 320 g/mol. The highest BCUT2D eigenvalue weighted by molar-refractivity contribution is 5.89. The highest BCUT2D eigenvalue weighted by Crippen LogP contribution is 2.23. The predicted molar refractivity (Wildman–Crippen MR) is 75.6 cm³/mol. The Bertz CT molecular complexity index is 510. The Morgan fingerprint density at radius 3 is 2.45 bits per heavy atom. The van der Waals surface area contributed by atoms with Crippen molar-refractivity contribution in [3.63, 3.8) is 0 Å². The van der Waals surface area contributed by atoms with Gasteiger partial charge in [0.1, 0.15) is 0 Å². The monoisotopic (exact) mass is 320 g/mol. The second kappa shape index (κ2) is 7.88. The molecule has 0 saturated heterocycles. The maximum Gasteiger partial charge on any atom is 0.387 e. The molecular weight excluding hydrogens is 301 g/mol. The van der Waals surface area contributed by atoms with Crippen LogP contribution in [-0.2, 0) is 0 Å². The second-order valence-electron chi connectivity index (χ2n) is 5.05. The van der Waals surface area contributed by atoms with Crippen molar-refractivity contribution in [2.24, 2.45) is 0 Å². The van der Waals surface area contributed by atoms with Gasteiger partial charge in [-0.25, -0.2) is 9.18 Å². The number of nitrogens with one attached hydrogen (secondary N) is 1. The Kier molecular flexibility index (Phi) is 6.48. The number of halogens is 3. The summed E-state index contributed by atoms with van der Waals surface area (Å²) < 4.78 is 41.6. The number of aliphatic hydroxyl groups is 1. The smallest absolute Gasteiger partial charge is 0.387 e. The minimum absolute atomic E-state index is 0.0976. The number of carbonyl (C=O) groups is 1. The Labute approximate surface area is 126 Å². The maximum absolute atomic E-state index is 13.6. The molecule has 0 spiro atoms. The minimum Gasteiger partial charge on any atom is -0.432 e. The SMILES string of the molecule is CC(O)CN(C(=O)Nc1ccc(OC(F)F)c(F)c1)C(C)C. The Balaban J connectivity index is 2.80. The number of hydrogen-bond donors (Lipinski definition) is 2. The quantitative estimate of drug-likeness (QED) is 0.847. The largest absolute Gasteiger partial charge is 0.432 e. The number of aliphatic hydroxyl groups excluding tert-OH is 1. The number of rotatable bonds is 6. The van der Waals surface area contributed by atoms with Gasteiger partial charge < -0.3 is 20.1 Å². The van der Waals surface area contributed by atoms with Gasteiger partial charge in [-0.3, -0.25) is 0 Å². The first-order valence-corrected chi connectivity index (χ1v) is 6.70. The van der Waals surface area contributed by atoms with Crippen molar-refractivity contribution in [1.82, 2.24) is 4.90 Å². The van der Waals surface area contributed by atoms with E-state index in [1.54, 1.807) is 20.8 Å². The fraction of sp³-hybridized carbons (Fsp3) is 0.500. The van der Waals surface area contributed by atoms with Gasteiger partial charge >= 0.3 is 12.6 Å². The number of ether oxygens (including phenoxy) is 1. The van der Waals surface area contributed by atoms with Gasteiger partial charge in [0.05, 0.1) is 6.10 Å². The molecule has 5 nitrogen and oxygen atoms in total. The van der Waals surface area contributed by atoms with Crippen molar-refractivity contribution in [2.45, 2.75) is 39.5 Å². The van der Waals surface area contributed by atoms with Crippen LogP contribution in [0.4, 0.5) is 23.7 Å². The standard InChI is InChI=1S/C14H19F3N2O3/c1-8(2)19(7-9(3)20)14(21)18-10-4-5-12(11(15)6-10)22-13(16)17/h4-6,8-9,13,20H,7H2,1-3H3,(H,18,21). The molecule has 0 aliphatic rings. The number of urea groups is 1. The molecule has 8 heteroatoms. The maximum atomic E-state index is 13.6. The number of alkyl halides is 2. The molecule has 1 atom stereocenters. The average Bonchev–Trinajstić information content (AvgIpc) is 2.38. The summed E-state index contributed by atoms with van der Waals surface area (Å²) in [5.41, 5.74) is 0.0976. The normalized spacial score (nSPS) is 12.4. The molecular formula is C14H19F3N2O3. The van der Waals surface area contributed by atoms with E-state index < -0.39 is 30.3 Å². The summed E-state index contributed by atoms with van der Waals surface area (Å²) in [5.74, 6) is -1.61. The lowest BCUT2D eigenvalue weighted by Crippen LogP contribution is -2.43. The summed E-state index contributed by atoms with van der Waals surface area (Å²) in [6.07, 6.45) is -0.716. The van der Waals surface area contributed by atoms with Gasteiger partial charge in [-0.1, -0.05) is 0 Å². The highest BCUT2D eigenvalue weighted by atomic mass is 19.3. The molecule has 1 aromatic rings. The van der Waals surface area contributed by atoms with Crippen molar-refractivity contribution in [2.75, 3.05) is 11.9 Å². The van der Waals surface area contributed by atoms with E-state index in [9.17, 15) is 23.1 Å². The number of anilines is 1. The third-order valence-electron chi connectivity index (χ3n) is 2.74. The van der Waals surface area contributed by atoms with Gasteiger partial charge in [0.25, 0.3) is 0 Å². The number of nitrogens with zero attached hydrogens (tertiary/aromatic N) is 1. The molecule has 2 amide bonds. The lowest BCUT2D eigenvalue weighted by atomic mass is 10.2. The first kappa shape index (κ1) is 18.1. The van der Waals surface area contributed by atoms with Crippen LogP contribution in [0, 0.1) is 5.82 Å². The van der Waals surface area contributed by atoms with E-state index in [0.717, 1.165) is 12.1 Å². The van der Waals surface area contributed by atoms with Crippen molar-refractivity contribution in [3.05, 3.63) is 24.0 Å². The van der Waals surface area contributed by atoms with E-state index >= 15 is 0 Å². The van der Waals surface area contributed by atoms with Gasteiger partial charge in [-0.2, -0.15) is 8.78 Å². The van der Waals surface area contributed by atoms with Crippen molar-refractivity contribution in [3.8, 4) is 5.75 Å². The lowest BCUT2D eigenvalue weighted by Gasteiger charge is -2.28. The zero-order chi connectivity index (χ0) is 16.9. The zero-order valence-electron chi connectivity index (χ0n) is 12.5. The summed E-state index contributed by atoms with van der Waals surface area (Å²) >= 11 is 0. The number of benzene rings is 1. The molecule has 0 radical (unpaired) electrons. The molecule has 1 unspecified atom stereocenters. The first-order chi connectivity index (χ1) is 10.2. The molecule has 0 aliphatic heterocycles. The van der Waals surface area contributed by atoms with Crippen molar-refractivity contribution >= 4 is 11.7 Å². The third-order valence-corrected chi connectivity index (χ3v) is 2.74. The lowest BCUT2D eigenvalue weighted by molar-refractivity contribution is -0.0521. The van der Waals surface area contributed by atoms with Crippen LogP contribution >= 0.6 is 0 Å². The topological polar surface area (TPSA) is 61.8 Å². The van der Waals surface area contributed by atoms with E-state index in [2.05, 4.69) is 10.1 Å². The highest BCUT2D eigenvalue weighted by Gasteiger charge is 2.19. The van der Waals surface area contributed by atoms with Crippen LogP contribution in [0.3, 0.4) is 0 Å². The molecule has 0 aliphatic carbocycles. The van der Waals surface area contributed by atoms with Crippen LogP contribution in [0.1, 0.15) is 20.8 Å². The fourth-order valence-electron chi connectivity index (χ4n) is 1.78. The number of hydrogen-bond acceptors (Lipinski definition) is 3. The van der Waals surface area contributed by atoms with Crippen LogP contribution < -0.4 is 10.1 Å². The molecule has 1 aromatic carbocycles. The summed E-state index contributed by atoms with van der Waals surface area (Å²) in [4.78, 5) is 13.5. The first-order valence-electron chi connectivity index (χ1n) is 6.70. The van der Waals surface area contributed by atoms with E-state index in [4.69, 9.17) is 0 Å². The minimum atomic E-state index is -3.13. The number of carbonyl (C=O) groups excluding carboxylic acids is 1. The second-order valence-corrected chi connectivity index (χ2v) is 5.05. The summed E-state index contributed by atoms with van der Waals surface area (Å²) in [6, 6.07) is 2.43. The molecule has 124 valence electrons. The van der Waals surface area contributed by atoms with Crippen LogP contribution in [-0.4, -0.2) is 41.3 Å². The van der Waals surface area contributed by atoms with Crippen molar-refractivity contribution in [1.29, 1.82) is 0 Å². The predicted octanol–water partition coefficient (Wildman–Crippen LogP) is 3.05. The summed E-state index contributed by atoms with van der Waals surface area (Å²) in [7, 11) is 0. The van der Waals surface area contributed by atoms with E-state index in [-0.39, 0.29) is 18.3 Å². The van der Waals surface area contributed by atoms with E-state index in [1.807, 2.05) is 0 Å². The van der Waals surface area contributed by atoms with Crippen LogP contribution in [0.15, 0.2) is 18.2 Å². The fourth-order valence-corrected chi connectivity index (χ4v) is 1.78. The van der Waals surface area contributed by atoms with Crippen molar-refractivity contribution < 1.29 is 27.8 Å². The van der Waals surface area contributed by atoms with Crippen LogP contribution in [0.2, 0.25) is 0 Å². The van der Waals surface area contributed by atoms with E-state index in [1.165, 1.54) is 11.0 Å². The zero-order valence-corrected chi connectivity index (χ0v) is 12.5. The van der Waals surface area contributed by atoms with Crippen LogP contribution in [0.5, 0.6) is 5.75 Å². The molecule has 0 fully saturated rings. The molecule has 0 saturated carbocycles. The molecule has 0 heterocycles. The summed E-state index contributed by atoms with van der Waals surface area (Å²) in [6.45, 7) is 2.05. The molecule has 22 heavy (non-hydrogen) atoms. The molecule has 1 rings (SSSR count). The molecule has 0 aromatic heterocycles. The van der Waals surface area contributed by atoms with Gasteiger partial charge in [-0.15, -0.1) is 0 Å². The Morgan fingerprint density at radius 1 is 1.36 bits per heavy atom. The van der Waals surface area contributed by atoms with E-state index in [0.29, 0.717) is 0 Å². The van der Waals surface area contributed by atoms with Gasteiger partial charge in [0.15, 0.2) is 11.6 Å².